The van der Waals surface area contributed by atoms with Gasteiger partial charge in [-0.05, 0) is 0 Å². The highest BCUT2D eigenvalue weighted by molar-refractivity contribution is 4.63. The number of rotatable bonds is 9. The van der Waals surface area contributed by atoms with Gasteiger partial charge < -0.3 is 0 Å². The average Bonchev–Trinajstić information content (AvgIpc) is 2.32. The topological polar surface area (TPSA) is 228 Å². The lowest BCUT2D eigenvalue weighted by atomic mass is 10.3. The molecule has 0 aliphatic heterocycles. The number of nitrogens with one attached hydrogen (secondary N) is 1. The summed E-state index contributed by atoms with van der Waals surface area (Å²) in [6, 6.07) is 0. The first kappa shape index (κ1) is 17.9. The first-order chi connectivity index (χ1) is 9.42. The highest BCUT2D eigenvalue weighted by atomic mass is 19.2. The van der Waals surface area contributed by atoms with Crippen molar-refractivity contribution in [3.05, 3.63) is 50.6 Å². The summed E-state index contributed by atoms with van der Waals surface area (Å²) in [5.41, 5.74) is 0. The molecule has 0 rings (SSSR count). The molecule has 0 radical (unpaired) electrons. The number of halogens is 1. The van der Waals surface area contributed by atoms with Gasteiger partial charge in [0.1, 0.15) is 9.85 Å². The smallest absolute Gasteiger partial charge is 0.280 e. The second kappa shape index (κ2) is 5.90. The molecule has 0 aliphatic carbocycles. The Morgan fingerprint density at radius 1 is 0.714 bits per heavy atom. The molecule has 0 bridgehead atoms. The first-order valence-corrected chi connectivity index (χ1v) is 4.55. The molecule has 0 unspecified atom stereocenters. The van der Waals surface area contributed by atoms with E-state index in [1.165, 1.54) is 5.32 Å². The van der Waals surface area contributed by atoms with E-state index in [-0.39, 0.29) is 0 Å². The minimum atomic E-state index is -4.35. The Kier molecular flexibility index (Phi) is 5.02. The molecule has 0 saturated heterocycles. The fraction of sp³-hybridized carbons (Fsp3) is 1.00. The summed E-state index contributed by atoms with van der Waals surface area (Å²) < 4.78 is 13.2. The zero-order valence-electron chi connectivity index (χ0n) is 9.61. The molecule has 0 spiro atoms. The van der Waals surface area contributed by atoms with Crippen LogP contribution in [0, 0.1) is 50.6 Å². The van der Waals surface area contributed by atoms with Crippen molar-refractivity contribution >= 4 is 0 Å². The molecule has 17 heteroatoms. The normalized spacial score (nSPS) is 11.7. The zero-order chi connectivity index (χ0) is 17.0. The molecule has 0 aromatic heterocycles. The summed E-state index contributed by atoms with van der Waals surface area (Å²) >= 11 is 0. The summed E-state index contributed by atoms with van der Waals surface area (Å²) in [6.07, 6.45) is 0. The van der Waals surface area contributed by atoms with Gasteiger partial charge in [-0.25, -0.2) is 0 Å². The van der Waals surface area contributed by atoms with Crippen molar-refractivity contribution in [2.45, 2.75) is 11.7 Å². The van der Waals surface area contributed by atoms with Gasteiger partial charge in [-0.2, -0.15) is 0 Å². The van der Waals surface area contributed by atoms with Crippen molar-refractivity contribution in [3.63, 3.8) is 0 Å². The standard InChI is InChI=1S/C4H5FN6O10/c5-3(7(12)13,8(14)15)1-6-2-4(9(16)17,10(18)19)11(20)21/h6H,1-2H2. The number of nitrogens with zero attached hydrogens (tertiary/aromatic N) is 5. The van der Waals surface area contributed by atoms with Crippen LogP contribution in [0.4, 0.5) is 4.39 Å². The van der Waals surface area contributed by atoms with E-state index in [0.717, 1.165) is 0 Å². The fourth-order valence-electron chi connectivity index (χ4n) is 0.979. The maximum absolute atomic E-state index is 13.2. The van der Waals surface area contributed by atoms with Gasteiger partial charge in [-0.3, -0.25) is 55.9 Å². The van der Waals surface area contributed by atoms with E-state index in [9.17, 15) is 55.0 Å². The van der Waals surface area contributed by atoms with Crippen molar-refractivity contribution in [2.24, 2.45) is 0 Å². The zero-order valence-corrected chi connectivity index (χ0v) is 9.61. The molecule has 0 atom stereocenters. The van der Waals surface area contributed by atoms with Crippen LogP contribution >= 0.6 is 0 Å². The van der Waals surface area contributed by atoms with E-state index in [1.54, 1.807) is 0 Å². The maximum atomic E-state index is 13.2. The van der Waals surface area contributed by atoms with Gasteiger partial charge in [-0.1, -0.05) is 4.39 Å². The van der Waals surface area contributed by atoms with Crippen molar-refractivity contribution < 1.29 is 29.0 Å². The maximum Gasteiger partial charge on any atom is 0.712 e. The van der Waals surface area contributed by atoms with E-state index >= 15 is 0 Å². The second-order valence-corrected chi connectivity index (χ2v) is 3.38. The summed E-state index contributed by atoms with van der Waals surface area (Å²) in [7, 11) is 0. The van der Waals surface area contributed by atoms with Crippen molar-refractivity contribution in [1.82, 2.24) is 5.32 Å². The number of alkyl halides is 1. The van der Waals surface area contributed by atoms with Gasteiger partial charge in [0.05, 0.1) is 0 Å². The Bertz CT molecular complexity index is 456. The van der Waals surface area contributed by atoms with Crippen LogP contribution < -0.4 is 5.32 Å². The Hall–Kier alpha value is -3.11. The van der Waals surface area contributed by atoms with Crippen LogP contribution in [-0.2, 0) is 0 Å². The third-order valence-corrected chi connectivity index (χ3v) is 2.15. The minimum absolute atomic E-state index is 1.29. The third kappa shape index (κ3) is 3.08. The van der Waals surface area contributed by atoms with Crippen LogP contribution in [0.1, 0.15) is 0 Å². The second-order valence-electron chi connectivity index (χ2n) is 3.38. The van der Waals surface area contributed by atoms with E-state index in [4.69, 9.17) is 0 Å². The van der Waals surface area contributed by atoms with Gasteiger partial charge in [-0.15, -0.1) is 0 Å². The Balaban J connectivity index is 5.24. The van der Waals surface area contributed by atoms with Crippen LogP contribution in [0.2, 0.25) is 0 Å². The minimum Gasteiger partial charge on any atom is -0.280 e. The molecule has 0 amide bonds. The molecule has 0 aromatic carbocycles. The molecular formula is C4H5FN6O10. The fourth-order valence-corrected chi connectivity index (χ4v) is 0.979. The van der Waals surface area contributed by atoms with Crippen LogP contribution in [0.25, 0.3) is 0 Å². The Morgan fingerprint density at radius 2 is 1.05 bits per heavy atom. The summed E-state index contributed by atoms with van der Waals surface area (Å²) in [5, 5.41) is 53.0. The molecular weight excluding hydrogens is 311 g/mol. The predicted molar refractivity (Wildman–Crippen MR) is 54.4 cm³/mol. The van der Waals surface area contributed by atoms with Crippen LogP contribution in [0.5, 0.6) is 0 Å². The van der Waals surface area contributed by atoms with Crippen molar-refractivity contribution in [2.75, 3.05) is 13.1 Å². The lowest BCUT2D eigenvalue weighted by Crippen LogP contribution is -2.61. The van der Waals surface area contributed by atoms with Crippen molar-refractivity contribution in [3.8, 4) is 0 Å². The highest BCUT2D eigenvalue weighted by Crippen LogP contribution is 2.14. The molecule has 0 fully saturated rings. The van der Waals surface area contributed by atoms with Gasteiger partial charge >= 0.3 is 11.7 Å². The van der Waals surface area contributed by atoms with Crippen LogP contribution in [-0.4, -0.2) is 49.4 Å². The van der Waals surface area contributed by atoms with E-state index in [1.807, 2.05) is 0 Å². The SMILES string of the molecule is O=[N+]([O-])C(F)(CNCC([N+](=O)[O-])([N+](=O)[O-])[N+](=O)[O-])[N+](=O)[O-]. The third-order valence-electron chi connectivity index (χ3n) is 2.15. The first-order valence-electron chi connectivity index (χ1n) is 4.55. The molecule has 0 aromatic rings. The van der Waals surface area contributed by atoms with Crippen LogP contribution in [0.15, 0.2) is 0 Å². The average molecular weight is 316 g/mol. The van der Waals surface area contributed by atoms with Gasteiger partial charge in [0.2, 0.25) is 6.54 Å². The quantitative estimate of drug-likeness (QED) is 0.216. The van der Waals surface area contributed by atoms with E-state index in [0.29, 0.717) is 0 Å². The summed E-state index contributed by atoms with van der Waals surface area (Å²) in [4.78, 5) is 41.9. The number of hydrogen-bond donors (Lipinski definition) is 1. The molecule has 0 saturated carbocycles. The molecule has 21 heavy (non-hydrogen) atoms. The summed E-state index contributed by atoms with van der Waals surface area (Å²) in [6.45, 7) is -3.67. The monoisotopic (exact) mass is 316 g/mol. The Morgan fingerprint density at radius 3 is 1.29 bits per heavy atom. The van der Waals surface area contributed by atoms with Gasteiger partial charge in [0.15, 0.2) is 21.3 Å². The molecule has 0 heterocycles. The largest absolute Gasteiger partial charge is 0.712 e. The van der Waals surface area contributed by atoms with Gasteiger partial charge in [0.25, 0.3) is 0 Å². The molecule has 1 N–H and O–H groups in total. The lowest BCUT2D eigenvalue weighted by molar-refractivity contribution is -0.966. The predicted octanol–water partition coefficient (Wildman–Crippen LogP) is -1.76. The van der Waals surface area contributed by atoms with Gasteiger partial charge in [0, 0.05) is 0 Å². The molecule has 16 nitrogen and oxygen atoms in total. The van der Waals surface area contributed by atoms with Crippen molar-refractivity contribution in [1.29, 1.82) is 0 Å². The molecule has 118 valence electrons. The summed E-state index contributed by atoms with van der Waals surface area (Å²) in [5.74, 6) is -8.41. The number of hydrogen-bond acceptors (Lipinski definition) is 11. The highest BCUT2D eigenvalue weighted by Gasteiger charge is 2.71. The Labute approximate surface area is 111 Å². The van der Waals surface area contributed by atoms with E-state index in [2.05, 4.69) is 0 Å². The van der Waals surface area contributed by atoms with E-state index < -0.39 is 49.4 Å². The lowest BCUT2D eigenvalue weighted by Gasteiger charge is -2.11. The number of nitro groups is 5. The molecule has 0 aliphatic rings. The van der Waals surface area contributed by atoms with Crippen LogP contribution in [0.3, 0.4) is 0 Å².